The van der Waals surface area contributed by atoms with Gasteiger partial charge in [0.05, 0.1) is 12.6 Å². The SMILES string of the molecule is OC(CNCc1nnc2n1CCCC2)c1ccsc1. The van der Waals surface area contributed by atoms with Gasteiger partial charge in [-0.05, 0) is 35.2 Å². The molecule has 0 aromatic carbocycles. The first-order valence-electron chi connectivity index (χ1n) is 6.66. The first kappa shape index (κ1) is 12.8. The van der Waals surface area contributed by atoms with Crippen LogP contribution in [0, 0.1) is 0 Å². The van der Waals surface area contributed by atoms with Crippen molar-refractivity contribution in [2.24, 2.45) is 0 Å². The molecular weight excluding hydrogens is 260 g/mol. The van der Waals surface area contributed by atoms with Crippen molar-refractivity contribution in [3.05, 3.63) is 34.0 Å². The van der Waals surface area contributed by atoms with Crippen LogP contribution in [0.1, 0.15) is 36.2 Å². The van der Waals surface area contributed by atoms with Crippen molar-refractivity contribution in [3.8, 4) is 0 Å². The summed E-state index contributed by atoms with van der Waals surface area (Å²) in [7, 11) is 0. The summed E-state index contributed by atoms with van der Waals surface area (Å²) in [6, 6.07) is 1.95. The van der Waals surface area contributed by atoms with E-state index in [0.717, 1.165) is 30.2 Å². The second-order valence-corrected chi connectivity index (χ2v) is 5.62. The van der Waals surface area contributed by atoms with Gasteiger partial charge in [-0.2, -0.15) is 11.3 Å². The van der Waals surface area contributed by atoms with Crippen molar-refractivity contribution in [2.45, 2.75) is 38.5 Å². The molecule has 0 spiro atoms. The van der Waals surface area contributed by atoms with E-state index >= 15 is 0 Å². The minimum absolute atomic E-state index is 0.449. The Balaban J connectivity index is 1.54. The van der Waals surface area contributed by atoms with Gasteiger partial charge in [0.15, 0.2) is 0 Å². The van der Waals surface area contributed by atoms with Gasteiger partial charge < -0.3 is 15.0 Å². The van der Waals surface area contributed by atoms with Crippen LogP contribution in [0.4, 0.5) is 0 Å². The minimum Gasteiger partial charge on any atom is -0.387 e. The molecule has 6 heteroatoms. The fourth-order valence-corrected chi connectivity index (χ4v) is 3.11. The third-order valence-corrected chi connectivity index (χ3v) is 4.19. The molecule has 0 saturated carbocycles. The summed E-state index contributed by atoms with van der Waals surface area (Å²) in [5.74, 6) is 2.08. The quantitative estimate of drug-likeness (QED) is 0.870. The molecule has 0 amide bonds. The number of nitrogens with zero attached hydrogens (tertiary/aromatic N) is 3. The van der Waals surface area contributed by atoms with E-state index in [-0.39, 0.29) is 0 Å². The molecule has 0 radical (unpaired) electrons. The zero-order valence-electron chi connectivity index (χ0n) is 10.7. The minimum atomic E-state index is -0.449. The maximum absolute atomic E-state index is 9.98. The standard InChI is InChI=1S/C13H18N4OS/c18-11(10-4-6-19-9-10)7-14-8-13-16-15-12-3-1-2-5-17(12)13/h4,6,9,11,14,18H,1-3,5,7-8H2. The summed E-state index contributed by atoms with van der Waals surface area (Å²) >= 11 is 1.60. The first-order valence-corrected chi connectivity index (χ1v) is 7.60. The van der Waals surface area contributed by atoms with Gasteiger partial charge in [-0.25, -0.2) is 0 Å². The van der Waals surface area contributed by atoms with Crippen LogP contribution in [-0.4, -0.2) is 26.4 Å². The van der Waals surface area contributed by atoms with Crippen LogP contribution in [0.2, 0.25) is 0 Å². The molecule has 2 aromatic rings. The summed E-state index contributed by atoms with van der Waals surface area (Å²) in [6.07, 6.45) is 3.00. The number of fused-ring (bicyclic) bond motifs is 1. The van der Waals surface area contributed by atoms with Crippen LogP contribution in [0.25, 0.3) is 0 Å². The fraction of sp³-hybridized carbons (Fsp3) is 0.538. The second kappa shape index (κ2) is 5.81. The molecule has 1 unspecified atom stereocenters. The van der Waals surface area contributed by atoms with E-state index in [1.807, 2.05) is 16.8 Å². The molecule has 2 N–H and O–H groups in total. The Morgan fingerprint density at radius 2 is 2.37 bits per heavy atom. The molecule has 5 nitrogen and oxygen atoms in total. The topological polar surface area (TPSA) is 63.0 Å². The van der Waals surface area contributed by atoms with E-state index in [1.165, 1.54) is 12.8 Å². The van der Waals surface area contributed by atoms with Gasteiger partial charge in [-0.1, -0.05) is 0 Å². The monoisotopic (exact) mass is 278 g/mol. The molecule has 0 bridgehead atoms. The van der Waals surface area contributed by atoms with Crippen LogP contribution < -0.4 is 5.32 Å². The van der Waals surface area contributed by atoms with Crippen molar-refractivity contribution in [3.63, 3.8) is 0 Å². The molecule has 102 valence electrons. The zero-order chi connectivity index (χ0) is 13.1. The number of nitrogens with one attached hydrogen (secondary N) is 1. The van der Waals surface area contributed by atoms with E-state index < -0.39 is 6.10 Å². The molecule has 0 saturated heterocycles. The number of thiophene rings is 1. The van der Waals surface area contributed by atoms with Crippen LogP contribution in [0.5, 0.6) is 0 Å². The summed E-state index contributed by atoms with van der Waals surface area (Å²) in [6.45, 7) is 2.22. The maximum Gasteiger partial charge on any atom is 0.147 e. The Labute approximate surface area is 116 Å². The van der Waals surface area contributed by atoms with E-state index in [4.69, 9.17) is 0 Å². The number of aliphatic hydroxyl groups is 1. The Morgan fingerprint density at radius 1 is 1.42 bits per heavy atom. The number of hydrogen-bond acceptors (Lipinski definition) is 5. The predicted octanol–water partition coefficient (Wildman–Crippen LogP) is 1.50. The summed E-state index contributed by atoms with van der Waals surface area (Å²) in [4.78, 5) is 0. The molecule has 2 aromatic heterocycles. The Bertz CT molecular complexity index is 523. The van der Waals surface area contributed by atoms with Gasteiger partial charge in [0, 0.05) is 19.5 Å². The lowest BCUT2D eigenvalue weighted by atomic mass is 10.1. The molecule has 1 aliphatic heterocycles. The fourth-order valence-electron chi connectivity index (χ4n) is 2.40. The smallest absolute Gasteiger partial charge is 0.147 e. The molecule has 3 rings (SSSR count). The van der Waals surface area contributed by atoms with Gasteiger partial charge in [0.25, 0.3) is 0 Å². The number of aryl methyl sites for hydroxylation is 1. The van der Waals surface area contributed by atoms with Crippen LogP contribution in [0.3, 0.4) is 0 Å². The highest BCUT2D eigenvalue weighted by molar-refractivity contribution is 7.07. The maximum atomic E-state index is 9.98. The van der Waals surface area contributed by atoms with Gasteiger partial charge in [-0.15, -0.1) is 10.2 Å². The van der Waals surface area contributed by atoms with Crippen LogP contribution >= 0.6 is 11.3 Å². The summed E-state index contributed by atoms with van der Waals surface area (Å²) < 4.78 is 2.20. The predicted molar refractivity (Wildman–Crippen MR) is 73.9 cm³/mol. The lowest BCUT2D eigenvalue weighted by Gasteiger charge is -2.15. The lowest BCUT2D eigenvalue weighted by molar-refractivity contribution is 0.174. The lowest BCUT2D eigenvalue weighted by Crippen LogP contribution is -2.24. The second-order valence-electron chi connectivity index (χ2n) is 4.84. The molecule has 0 fully saturated rings. The molecule has 1 atom stereocenters. The van der Waals surface area contributed by atoms with Gasteiger partial charge in [0.2, 0.25) is 0 Å². The third-order valence-electron chi connectivity index (χ3n) is 3.48. The molecule has 19 heavy (non-hydrogen) atoms. The highest BCUT2D eigenvalue weighted by Crippen LogP contribution is 2.16. The average Bonchev–Trinajstić information content (AvgIpc) is 3.08. The number of aromatic nitrogens is 3. The normalized spacial score (nSPS) is 16.3. The van der Waals surface area contributed by atoms with Crippen LogP contribution in [0.15, 0.2) is 16.8 Å². The Kier molecular flexibility index (Phi) is 3.91. The third kappa shape index (κ3) is 2.86. The first-order chi connectivity index (χ1) is 9.34. The van der Waals surface area contributed by atoms with Gasteiger partial charge >= 0.3 is 0 Å². The number of aliphatic hydroxyl groups excluding tert-OH is 1. The Morgan fingerprint density at radius 3 is 3.21 bits per heavy atom. The molecule has 0 aliphatic carbocycles. The molecular formula is C13H18N4OS. The average molecular weight is 278 g/mol. The van der Waals surface area contributed by atoms with Crippen molar-refractivity contribution < 1.29 is 5.11 Å². The van der Waals surface area contributed by atoms with Crippen LogP contribution in [-0.2, 0) is 19.5 Å². The largest absolute Gasteiger partial charge is 0.387 e. The number of rotatable bonds is 5. The van der Waals surface area contributed by atoms with E-state index in [2.05, 4.69) is 20.1 Å². The van der Waals surface area contributed by atoms with Crippen molar-refractivity contribution in [1.82, 2.24) is 20.1 Å². The number of hydrogen-bond donors (Lipinski definition) is 2. The van der Waals surface area contributed by atoms with Crippen molar-refractivity contribution in [2.75, 3.05) is 6.54 Å². The molecule has 1 aliphatic rings. The summed E-state index contributed by atoms with van der Waals surface area (Å²) in [5.41, 5.74) is 0.973. The van der Waals surface area contributed by atoms with Crippen molar-refractivity contribution >= 4 is 11.3 Å². The van der Waals surface area contributed by atoms with Gasteiger partial charge in [-0.3, -0.25) is 0 Å². The van der Waals surface area contributed by atoms with E-state index in [1.54, 1.807) is 11.3 Å². The zero-order valence-corrected chi connectivity index (χ0v) is 11.6. The van der Waals surface area contributed by atoms with E-state index in [9.17, 15) is 5.11 Å². The molecule has 3 heterocycles. The Hall–Kier alpha value is -1.24. The van der Waals surface area contributed by atoms with Gasteiger partial charge in [0.1, 0.15) is 11.6 Å². The summed E-state index contributed by atoms with van der Waals surface area (Å²) in [5, 5.41) is 25.6. The highest BCUT2D eigenvalue weighted by Gasteiger charge is 2.15. The van der Waals surface area contributed by atoms with E-state index in [0.29, 0.717) is 13.1 Å². The van der Waals surface area contributed by atoms with Crippen molar-refractivity contribution in [1.29, 1.82) is 0 Å². The highest BCUT2D eigenvalue weighted by atomic mass is 32.1.